The minimum atomic E-state index is 0.716. The number of hydrogen-bond donors (Lipinski definition) is 1. The van der Waals surface area contributed by atoms with Gasteiger partial charge in [-0.15, -0.1) is 0 Å². The Morgan fingerprint density at radius 2 is 2.11 bits per heavy atom. The van der Waals surface area contributed by atoms with Gasteiger partial charge in [-0.2, -0.15) is 0 Å². The van der Waals surface area contributed by atoms with Gasteiger partial charge in [0, 0.05) is 38.8 Å². The zero-order valence-electron chi connectivity index (χ0n) is 10.7. The molecule has 0 radical (unpaired) electrons. The van der Waals surface area contributed by atoms with Crippen LogP contribution in [-0.2, 0) is 11.3 Å². The van der Waals surface area contributed by atoms with Crippen LogP contribution < -0.4 is 5.32 Å². The third-order valence-corrected chi connectivity index (χ3v) is 3.23. The van der Waals surface area contributed by atoms with Crippen LogP contribution in [0.4, 0.5) is 0 Å². The standard InChI is InChI=1S/C13H16N4OS/c1-18-7-6-15-8-11-2-3-12(17-9-11)19-13-10-14-4-5-16-13/h2-5,9-10,15H,6-8H2,1H3. The molecular formula is C13H16N4OS. The van der Waals surface area contributed by atoms with E-state index in [1.165, 1.54) is 11.8 Å². The van der Waals surface area contributed by atoms with Crippen molar-refractivity contribution in [3.63, 3.8) is 0 Å². The Morgan fingerprint density at radius 3 is 2.79 bits per heavy atom. The molecule has 19 heavy (non-hydrogen) atoms. The van der Waals surface area contributed by atoms with Gasteiger partial charge in [-0.1, -0.05) is 6.07 Å². The highest BCUT2D eigenvalue weighted by molar-refractivity contribution is 7.99. The molecule has 0 aromatic carbocycles. The molecule has 2 heterocycles. The van der Waals surface area contributed by atoms with Crippen LogP contribution in [0.5, 0.6) is 0 Å². The summed E-state index contributed by atoms with van der Waals surface area (Å²) in [5.41, 5.74) is 1.15. The maximum absolute atomic E-state index is 4.97. The highest BCUT2D eigenvalue weighted by Gasteiger charge is 2.00. The summed E-state index contributed by atoms with van der Waals surface area (Å²) in [6.07, 6.45) is 6.94. The number of nitrogens with zero attached hydrogens (tertiary/aromatic N) is 3. The highest BCUT2D eigenvalue weighted by Crippen LogP contribution is 2.22. The molecule has 0 unspecified atom stereocenters. The fourth-order valence-corrected chi connectivity index (χ4v) is 2.11. The molecule has 0 amide bonds. The average molecular weight is 276 g/mol. The Morgan fingerprint density at radius 1 is 1.16 bits per heavy atom. The smallest absolute Gasteiger partial charge is 0.121 e. The van der Waals surface area contributed by atoms with E-state index in [1.807, 2.05) is 12.3 Å². The van der Waals surface area contributed by atoms with Gasteiger partial charge < -0.3 is 10.1 Å². The third-order valence-electron chi connectivity index (χ3n) is 2.36. The van der Waals surface area contributed by atoms with Crippen molar-refractivity contribution in [2.75, 3.05) is 20.3 Å². The maximum Gasteiger partial charge on any atom is 0.121 e. The fourth-order valence-electron chi connectivity index (χ4n) is 1.43. The van der Waals surface area contributed by atoms with E-state index in [-0.39, 0.29) is 0 Å². The van der Waals surface area contributed by atoms with E-state index in [4.69, 9.17) is 4.74 Å². The second-order valence-electron chi connectivity index (χ2n) is 3.82. The van der Waals surface area contributed by atoms with Gasteiger partial charge in [0.25, 0.3) is 0 Å². The summed E-state index contributed by atoms with van der Waals surface area (Å²) in [7, 11) is 1.70. The lowest BCUT2D eigenvalue weighted by molar-refractivity contribution is 0.199. The van der Waals surface area contributed by atoms with Crippen molar-refractivity contribution < 1.29 is 4.74 Å². The Bertz CT molecular complexity index is 478. The Labute approximate surface area is 116 Å². The van der Waals surface area contributed by atoms with Crippen LogP contribution in [-0.4, -0.2) is 35.2 Å². The first-order valence-electron chi connectivity index (χ1n) is 5.97. The minimum absolute atomic E-state index is 0.716. The molecular weight excluding hydrogens is 260 g/mol. The van der Waals surface area contributed by atoms with Crippen LogP contribution in [0.3, 0.4) is 0 Å². The SMILES string of the molecule is COCCNCc1ccc(Sc2cnccn2)nc1. The lowest BCUT2D eigenvalue weighted by Gasteiger charge is -2.04. The largest absolute Gasteiger partial charge is 0.383 e. The second kappa shape index (κ2) is 7.83. The molecule has 2 aromatic rings. The van der Waals surface area contributed by atoms with E-state index in [9.17, 15) is 0 Å². The van der Waals surface area contributed by atoms with Crippen LogP contribution in [0.25, 0.3) is 0 Å². The molecule has 0 atom stereocenters. The van der Waals surface area contributed by atoms with Gasteiger partial charge in [0.2, 0.25) is 0 Å². The Balaban J connectivity index is 1.84. The van der Waals surface area contributed by atoms with E-state index in [0.717, 1.165) is 28.7 Å². The molecule has 0 spiro atoms. The highest BCUT2D eigenvalue weighted by atomic mass is 32.2. The van der Waals surface area contributed by atoms with E-state index in [2.05, 4.69) is 26.3 Å². The molecule has 0 saturated heterocycles. The van der Waals surface area contributed by atoms with Gasteiger partial charge in [0.15, 0.2) is 0 Å². The quantitative estimate of drug-likeness (QED) is 0.778. The predicted octanol–water partition coefficient (Wildman–Crippen LogP) is 1.76. The molecule has 5 nitrogen and oxygen atoms in total. The molecule has 2 rings (SSSR count). The lowest BCUT2D eigenvalue weighted by atomic mass is 10.3. The van der Waals surface area contributed by atoms with E-state index < -0.39 is 0 Å². The number of aromatic nitrogens is 3. The van der Waals surface area contributed by atoms with Gasteiger partial charge in [-0.05, 0) is 23.4 Å². The summed E-state index contributed by atoms with van der Waals surface area (Å²) in [5, 5.41) is 5.04. The number of hydrogen-bond acceptors (Lipinski definition) is 6. The normalized spacial score (nSPS) is 10.6. The van der Waals surface area contributed by atoms with Gasteiger partial charge in [-0.25, -0.2) is 9.97 Å². The maximum atomic E-state index is 4.97. The number of rotatable bonds is 7. The first-order valence-corrected chi connectivity index (χ1v) is 6.78. The predicted molar refractivity (Wildman–Crippen MR) is 74.0 cm³/mol. The zero-order valence-corrected chi connectivity index (χ0v) is 11.6. The summed E-state index contributed by atoms with van der Waals surface area (Å²) in [6, 6.07) is 4.05. The molecule has 0 aliphatic heterocycles. The molecule has 6 heteroatoms. The van der Waals surface area contributed by atoms with Gasteiger partial charge in [0.05, 0.1) is 12.8 Å². The van der Waals surface area contributed by atoms with Crippen LogP contribution in [0.2, 0.25) is 0 Å². The van der Waals surface area contributed by atoms with Crippen molar-refractivity contribution in [3.8, 4) is 0 Å². The first kappa shape index (κ1) is 13.9. The van der Waals surface area contributed by atoms with Gasteiger partial charge in [0.1, 0.15) is 10.1 Å². The van der Waals surface area contributed by atoms with Crippen molar-refractivity contribution in [1.29, 1.82) is 0 Å². The van der Waals surface area contributed by atoms with Crippen molar-refractivity contribution in [3.05, 3.63) is 42.5 Å². The topological polar surface area (TPSA) is 59.9 Å². The Kier molecular flexibility index (Phi) is 5.74. The molecule has 0 fully saturated rings. The number of nitrogens with one attached hydrogen (secondary N) is 1. The molecule has 0 bridgehead atoms. The molecule has 0 aliphatic rings. The molecule has 0 aliphatic carbocycles. The van der Waals surface area contributed by atoms with Crippen LogP contribution >= 0.6 is 11.8 Å². The molecule has 100 valence electrons. The van der Waals surface area contributed by atoms with Crippen LogP contribution in [0.15, 0.2) is 47.0 Å². The zero-order chi connectivity index (χ0) is 13.3. The monoisotopic (exact) mass is 276 g/mol. The summed E-state index contributed by atoms with van der Waals surface area (Å²) in [6.45, 7) is 2.35. The van der Waals surface area contributed by atoms with Crippen molar-refractivity contribution in [1.82, 2.24) is 20.3 Å². The summed E-state index contributed by atoms with van der Waals surface area (Å²) in [5.74, 6) is 0. The first-order chi connectivity index (χ1) is 9.38. The number of pyridine rings is 1. The fraction of sp³-hybridized carbons (Fsp3) is 0.308. The summed E-state index contributed by atoms with van der Waals surface area (Å²) >= 11 is 1.50. The van der Waals surface area contributed by atoms with Crippen molar-refractivity contribution in [2.24, 2.45) is 0 Å². The van der Waals surface area contributed by atoms with Crippen LogP contribution in [0.1, 0.15) is 5.56 Å². The number of methoxy groups -OCH3 is 1. The average Bonchev–Trinajstić information content (AvgIpc) is 2.46. The summed E-state index contributed by atoms with van der Waals surface area (Å²) in [4.78, 5) is 12.6. The second-order valence-corrected chi connectivity index (χ2v) is 4.86. The van der Waals surface area contributed by atoms with Gasteiger partial charge >= 0.3 is 0 Å². The number of ether oxygens (including phenoxy) is 1. The summed E-state index contributed by atoms with van der Waals surface area (Å²) < 4.78 is 4.97. The van der Waals surface area contributed by atoms with Gasteiger partial charge in [-0.3, -0.25) is 4.98 Å². The third kappa shape index (κ3) is 4.94. The van der Waals surface area contributed by atoms with E-state index in [1.54, 1.807) is 25.7 Å². The van der Waals surface area contributed by atoms with Crippen LogP contribution in [0, 0.1) is 0 Å². The molecule has 1 N–H and O–H groups in total. The van der Waals surface area contributed by atoms with Crippen molar-refractivity contribution >= 4 is 11.8 Å². The lowest BCUT2D eigenvalue weighted by Crippen LogP contribution is -2.18. The molecule has 2 aromatic heterocycles. The Hall–Kier alpha value is -1.50. The van der Waals surface area contributed by atoms with E-state index in [0.29, 0.717) is 6.61 Å². The molecule has 0 saturated carbocycles. The van der Waals surface area contributed by atoms with Crippen molar-refractivity contribution in [2.45, 2.75) is 16.6 Å². The van der Waals surface area contributed by atoms with E-state index >= 15 is 0 Å². The minimum Gasteiger partial charge on any atom is -0.383 e.